The van der Waals surface area contributed by atoms with Crippen LogP contribution in [-0.4, -0.2) is 31.5 Å². The molecule has 1 aromatic rings. The molecule has 0 bridgehead atoms. The van der Waals surface area contributed by atoms with Crippen molar-refractivity contribution in [2.75, 3.05) is 14.2 Å². The van der Waals surface area contributed by atoms with Crippen LogP contribution in [0.25, 0.3) is 0 Å². The zero-order valence-electron chi connectivity index (χ0n) is 9.88. The Morgan fingerprint density at radius 1 is 1.42 bits per heavy atom. The highest BCUT2D eigenvalue weighted by Crippen LogP contribution is 2.32. The van der Waals surface area contributed by atoms with Gasteiger partial charge in [-0.1, -0.05) is 0 Å². The lowest BCUT2D eigenvalue weighted by atomic mass is 10.2. The highest BCUT2D eigenvalue weighted by Gasteiger charge is 2.35. The van der Waals surface area contributed by atoms with E-state index in [9.17, 15) is 18.0 Å². The number of methoxy groups -OCH3 is 2. The molecule has 0 aromatic carbocycles. The van der Waals surface area contributed by atoms with E-state index in [-0.39, 0.29) is 17.3 Å². The number of esters is 1. The minimum absolute atomic E-state index is 0.0606. The van der Waals surface area contributed by atoms with Gasteiger partial charge in [-0.3, -0.25) is 0 Å². The molecule has 0 aliphatic carbocycles. The lowest BCUT2D eigenvalue weighted by Gasteiger charge is -2.14. The number of rotatable bonds is 4. The normalized spacial score (nSPS) is 11.1. The van der Waals surface area contributed by atoms with Gasteiger partial charge in [-0.05, 0) is 0 Å². The Morgan fingerprint density at radius 3 is 2.47 bits per heavy atom. The van der Waals surface area contributed by atoms with Gasteiger partial charge < -0.3 is 14.2 Å². The van der Waals surface area contributed by atoms with E-state index >= 15 is 0 Å². The summed E-state index contributed by atoms with van der Waals surface area (Å²) in [6.07, 6.45) is -5.01. The molecule has 5 nitrogen and oxygen atoms in total. The Bertz CT molecular complexity index is 479. The molecule has 0 saturated heterocycles. The summed E-state index contributed by atoms with van der Waals surface area (Å²) in [7, 11) is 2.19. The minimum atomic E-state index is -5.01. The average molecular weight is 300 g/mol. The summed E-state index contributed by atoms with van der Waals surface area (Å²) in [4.78, 5) is 15.0. The van der Waals surface area contributed by atoms with E-state index in [0.717, 1.165) is 7.11 Å². The van der Waals surface area contributed by atoms with Crippen LogP contribution >= 0.6 is 11.6 Å². The topological polar surface area (TPSA) is 57.7 Å². The quantitative estimate of drug-likeness (QED) is 0.631. The van der Waals surface area contributed by atoms with Gasteiger partial charge in [0.2, 0.25) is 5.88 Å². The lowest BCUT2D eigenvalue weighted by Crippen LogP contribution is -2.21. The van der Waals surface area contributed by atoms with Crippen molar-refractivity contribution in [1.29, 1.82) is 0 Å². The molecule has 0 spiro atoms. The first-order chi connectivity index (χ1) is 8.82. The van der Waals surface area contributed by atoms with Crippen molar-refractivity contribution in [3.8, 4) is 11.6 Å². The van der Waals surface area contributed by atoms with Gasteiger partial charge in [-0.25, -0.2) is 9.78 Å². The molecule has 0 saturated carbocycles. The van der Waals surface area contributed by atoms with Gasteiger partial charge >= 0.3 is 12.3 Å². The van der Waals surface area contributed by atoms with E-state index < -0.39 is 23.8 Å². The number of carbonyl (C=O) groups is 1. The van der Waals surface area contributed by atoms with Gasteiger partial charge in [-0.15, -0.1) is 24.8 Å². The van der Waals surface area contributed by atoms with Crippen LogP contribution in [0.4, 0.5) is 13.2 Å². The minimum Gasteiger partial charge on any atom is -0.496 e. The van der Waals surface area contributed by atoms with Gasteiger partial charge in [0.15, 0.2) is 5.56 Å². The van der Waals surface area contributed by atoms with Crippen LogP contribution in [0.1, 0.15) is 16.1 Å². The lowest BCUT2D eigenvalue weighted by molar-refractivity contribution is -0.276. The molecule has 0 radical (unpaired) electrons. The first-order valence-corrected chi connectivity index (χ1v) is 5.33. The van der Waals surface area contributed by atoms with Crippen LogP contribution < -0.4 is 9.47 Å². The summed E-state index contributed by atoms with van der Waals surface area (Å²) in [5.41, 5.74) is -0.499. The number of aromatic nitrogens is 1. The molecular formula is C10H9ClF3NO4. The fourth-order valence-corrected chi connectivity index (χ4v) is 1.39. The molecule has 0 aliphatic heterocycles. The van der Waals surface area contributed by atoms with Crippen molar-refractivity contribution in [2.45, 2.75) is 12.2 Å². The Morgan fingerprint density at radius 2 is 2.05 bits per heavy atom. The van der Waals surface area contributed by atoms with Gasteiger partial charge in [-0.2, -0.15) is 0 Å². The number of halogens is 4. The molecular weight excluding hydrogens is 291 g/mol. The Kier molecular flexibility index (Phi) is 4.82. The standard InChI is InChI=1S/C10H9ClF3NO4/c1-17-6-3-5(4-11)15-8(19-10(12,13)14)7(6)9(16)18-2/h3H,4H2,1-2H3. The molecule has 0 unspecified atom stereocenters. The zero-order chi connectivity index (χ0) is 14.6. The van der Waals surface area contributed by atoms with Gasteiger partial charge in [0.05, 0.1) is 25.8 Å². The van der Waals surface area contributed by atoms with E-state index in [1.54, 1.807) is 0 Å². The molecule has 19 heavy (non-hydrogen) atoms. The summed E-state index contributed by atoms with van der Waals surface area (Å²) in [6, 6.07) is 1.22. The number of alkyl halides is 4. The summed E-state index contributed by atoms with van der Waals surface area (Å²) in [5.74, 6) is -2.37. The first-order valence-electron chi connectivity index (χ1n) is 4.80. The predicted octanol–water partition coefficient (Wildman–Crippen LogP) is 2.51. The molecule has 1 aromatic heterocycles. The van der Waals surface area contributed by atoms with Crippen molar-refractivity contribution in [2.24, 2.45) is 0 Å². The van der Waals surface area contributed by atoms with Crippen LogP contribution in [0.15, 0.2) is 6.07 Å². The van der Waals surface area contributed by atoms with Crippen molar-refractivity contribution in [3.05, 3.63) is 17.3 Å². The molecule has 1 heterocycles. The molecule has 0 atom stereocenters. The third-order valence-corrected chi connectivity index (χ3v) is 2.24. The summed E-state index contributed by atoms with van der Waals surface area (Å²) in [6.45, 7) is 0. The molecule has 106 valence electrons. The second kappa shape index (κ2) is 5.96. The van der Waals surface area contributed by atoms with E-state index in [1.165, 1.54) is 13.2 Å². The summed E-state index contributed by atoms with van der Waals surface area (Å²) >= 11 is 5.49. The van der Waals surface area contributed by atoms with Gasteiger partial charge in [0.25, 0.3) is 0 Å². The molecule has 0 fully saturated rings. The largest absolute Gasteiger partial charge is 0.574 e. The van der Waals surface area contributed by atoms with Gasteiger partial charge in [0.1, 0.15) is 5.75 Å². The number of hydrogen-bond acceptors (Lipinski definition) is 5. The second-order valence-electron chi connectivity index (χ2n) is 3.17. The smallest absolute Gasteiger partial charge is 0.496 e. The fourth-order valence-electron chi connectivity index (χ4n) is 1.25. The molecule has 0 aliphatic rings. The molecule has 9 heteroatoms. The fraction of sp³-hybridized carbons (Fsp3) is 0.400. The summed E-state index contributed by atoms with van der Waals surface area (Å²) < 4.78 is 49.7. The predicted molar refractivity (Wildman–Crippen MR) is 58.4 cm³/mol. The average Bonchev–Trinajstić information content (AvgIpc) is 2.34. The molecule has 1 rings (SSSR count). The maximum Gasteiger partial charge on any atom is 0.574 e. The van der Waals surface area contributed by atoms with Crippen LogP contribution in [0, 0.1) is 0 Å². The Hall–Kier alpha value is -1.70. The number of ether oxygens (including phenoxy) is 3. The van der Waals surface area contributed by atoms with Crippen LogP contribution in [0.5, 0.6) is 11.6 Å². The number of hydrogen-bond donors (Lipinski definition) is 0. The Balaban J connectivity index is 3.41. The van der Waals surface area contributed by atoms with Crippen molar-refractivity contribution in [3.63, 3.8) is 0 Å². The molecule has 0 N–H and O–H groups in total. The highest BCUT2D eigenvalue weighted by atomic mass is 35.5. The van der Waals surface area contributed by atoms with E-state index in [0.29, 0.717) is 0 Å². The molecule has 0 amide bonds. The van der Waals surface area contributed by atoms with Crippen molar-refractivity contribution < 1.29 is 32.2 Å². The van der Waals surface area contributed by atoms with E-state index in [4.69, 9.17) is 16.3 Å². The second-order valence-corrected chi connectivity index (χ2v) is 3.44. The maximum atomic E-state index is 12.3. The third kappa shape index (κ3) is 3.88. The zero-order valence-corrected chi connectivity index (χ0v) is 10.6. The van der Waals surface area contributed by atoms with Crippen molar-refractivity contribution in [1.82, 2.24) is 4.98 Å². The van der Waals surface area contributed by atoms with E-state index in [2.05, 4.69) is 14.5 Å². The third-order valence-electron chi connectivity index (χ3n) is 1.96. The number of carbonyl (C=O) groups excluding carboxylic acids is 1. The van der Waals surface area contributed by atoms with Gasteiger partial charge in [0, 0.05) is 6.07 Å². The summed E-state index contributed by atoms with van der Waals surface area (Å²) in [5, 5.41) is 0. The number of pyridine rings is 1. The SMILES string of the molecule is COC(=O)c1c(OC)cc(CCl)nc1OC(F)(F)F. The number of nitrogens with zero attached hydrogens (tertiary/aromatic N) is 1. The first kappa shape index (κ1) is 15.4. The maximum absolute atomic E-state index is 12.3. The van der Waals surface area contributed by atoms with Crippen LogP contribution in [0.2, 0.25) is 0 Å². The van der Waals surface area contributed by atoms with Crippen LogP contribution in [0.3, 0.4) is 0 Å². The highest BCUT2D eigenvalue weighted by molar-refractivity contribution is 6.17. The van der Waals surface area contributed by atoms with Crippen molar-refractivity contribution >= 4 is 17.6 Å². The van der Waals surface area contributed by atoms with Crippen LogP contribution in [-0.2, 0) is 10.6 Å². The Labute approximate surface area is 111 Å². The monoisotopic (exact) mass is 299 g/mol. The van der Waals surface area contributed by atoms with E-state index in [1.807, 2.05) is 0 Å².